The molecule has 1 aromatic carbocycles. The van der Waals surface area contributed by atoms with Gasteiger partial charge in [-0.05, 0) is 25.0 Å². The lowest BCUT2D eigenvalue weighted by molar-refractivity contribution is -0.124. The Bertz CT molecular complexity index is 1360. The number of primary amides is 1. The van der Waals surface area contributed by atoms with Crippen LogP contribution in [0.3, 0.4) is 0 Å². The van der Waals surface area contributed by atoms with Gasteiger partial charge in [-0.1, -0.05) is 11.6 Å². The molecular weight excluding hydrogens is 516 g/mol. The molecule has 5 N–H and O–H groups in total. The number of amides is 3. The second kappa shape index (κ2) is 11.5. The molecule has 3 heterocycles. The van der Waals surface area contributed by atoms with Crippen molar-refractivity contribution in [2.24, 2.45) is 5.73 Å². The van der Waals surface area contributed by atoms with Crippen molar-refractivity contribution in [1.29, 1.82) is 0 Å². The first kappa shape index (κ1) is 26.9. The predicted octanol–water partition coefficient (Wildman–Crippen LogP) is 2.27. The van der Waals surface area contributed by atoms with Gasteiger partial charge in [0.25, 0.3) is 0 Å². The van der Waals surface area contributed by atoms with Crippen molar-refractivity contribution < 1.29 is 29.0 Å². The molecule has 0 aliphatic carbocycles. The van der Waals surface area contributed by atoms with Crippen LogP contribution in [0, 0.1) is 0 Å². The number of rotatable bonds is 10. The maximum atomic E-state index is 12.7. The van der Waals surface area contributed by atoms with Gasteiger partial charge >= 0.3 is 6.09 Å². The summed E-state index contributed by atoms with van der Waals surface area (Å²) >= 11 is 6.34. The Hall–Kier alpha value is -4.19. The minimum atomic E-state index is -1.34. The standard InChI is InChI=1S/C25H29ClN6O6/c1-37-20-11-21(38-2)17(26)10-16(20)19-13-32-8-6-15(9-23(32)29-19)31-7-5-14(12-31)28-24(34)18(30-25(35)36)3-4-22(27)33/h6,8-11,13-14,18,30H,3-5,7,12H2,1-2H3,(H2,27,33)(H,28,34)(H,35,36)/t14?,18-/m0/s1. The Labute approximate surface area is 223 Å². The van der Waals surface area contributed by atoms with Gasteiger partial charge in [0, 0.05) is 61.3 Å². The highest BCUT2D eigenvalue weighted by molar-refractivity contribution is 6.32. The SMILES string of the molecule is COc1cc(OC)c(-c2cn3ccc(N4CCC(NC(=O)[C@H](CCC(N)=O)NC(=O)O)C4)cc3n2)cc1Cl. The molecule has 1 saturated heterocycles. The van der Waals surface area contributed by atoms with Crippen molar-refractivity contribution in [2.45, 2.75) is 31.3 Å². The van der Waals surface area contributed by atoms with Crippen molar-refractivity contribution in [3.05, 3.63) is 41.7 Å². The normalized spacial score (nSPS) is 15.8. The second-order valence-electron chi connectivity index (χ2n) is 8.91. The van der Waals surface area contributed by atoms with Gasteiger partial charge in [-0.25, -0.2) is 9.78 Å². The topological polar surface area (TPSA) is 161 Å². The Balaban J connectivity index is 1.47. The van der Waals surface area contributed by atoms with Crippen LogP contribution in [0.1, 0.15) is 19.3 Å². The number of ether oxygens (including phenoxy) is 2. The summed E-state index contributed by atoms with van der Waals surface area (Å²) in [6.45, 7) is 1.22. The fourth-order valence-electron chi connectivity index (χ4n) is 4.48. The van der Waals surface area contributed by atoms with Crippen LogP contribution in [0.5, 0.6) is 11.5 Å². The first-order chi connectivity index (χ1) is 18.2. The third-order valence-corrected chi connectivity index (χ3v) is 6.68. The zero-order chi connectivity index (χ0) is 27.4. The number of carbonyl (C=O) groups excluding carboxylic acids is 2. The number of anilines is 1. The number of benzene rings is 1. The number of methoxy groups -OCH3 is 2. The van der Waals surface area contributed by atoms with Crippen LogP contribution in [0.15, 0.2) is 36.7 Å². The molecule has 0 spiro atoms. The van der Waals surface area contributed by atoms with Crippen LogP contribution >= 0.6 is 11.6 Å². The summed E-state index contributed by atoms with van der Waals surface area (Å²) < 4.78 is 12.7. The summed E-state index contributed by atoms with van der Waals surface area (Å²) in [7, 11) is 3.11. The number of fused-ring (bicyclic) bond motifs is 1. The lowest BCUT2D eigenvalue weighted by Gasteiger charge is -2.21. The van der Waals surface area contributed by atoms with Gasteiger partial charge in [-0.15, -0.1) is 0 Å². The number of carbonyl (C=O) groups is 3. The summed E-state index contributed by atoms with van der Waals surface area (Å²) in [5.41, 5.74) is 8.21. The molecule has 13 heteroatoms. The van der Waals surface area contributed by atoms with E-state index >= 15 is 0 Å². The van der Waals surface area contributed by atoms with Crippen LogP contribution in [-0.2, 0) is 9.59 Å². The molecule has 0 bridgehead atoms. The van der Waals surface area contributed by atoms with E-state index in [9.17, 15) is 14.4 Å². The van der Waals surface area contributed by atoms with Crippen LogP contribution < -0.4 is 30.7 Å². The van der Waals surface area contributed by atoms with Gasteiger partial charge in [-0.3, -0.25) is 9.59 Å². The zero-order valence-electron chi connectivity index (χ0n) is 20.9. The lowest BCUT2D eigenvalue weighted by atomic mass is 10.1. The molecular formula is C25H29ClN6O6. The van der Waals surface area contributed by atoms with E-state index in [0.29, 0.717) is 41.7 Å². The number of imidazole rings is 1. The molecule has 0 radical (unpaired) electrons. The highest BCUT2D eigenvalue weighted by Gasteiger charge is 2.28. The zero-order valence-corrected chi connectivity index (χ0v) is 21.7. The first-order valence-electron chi connectivity index (χ1n) is 11.9. The Morgan fingerprint density at radius 3 is 2.68 bits per heavy atom. The molecule has 1 unspecified atom stereocenters. The van der Waals surface area contributed by atoms with Gasteiger partial charge in [-0.2, -0.15) is 0 Å². The number of hydrogen-bond acceptors (Lipinski definition) is 7. The van der Waals surface area contributed by atoms with Crippen molar-refractivity contribution in [2.75, 3.05) is 32.2 Å². The van der Waals surface area contributed by atoms with E-state index in [0.717, 1.165) is 16.9 Å². The Morgan fingerprint density at radius 2 is 2.00 bits per heavy atom. The van der Waals surface area contributed by atoms with Crippen LogP contribution in [0.2, 0.25) is 5.02 Å². The number of carboxylic acid groups (broad SMARTS) is 1. The van der Waals surface area contributed by atoms with E-state index < -0.39 is 23.9 Å². The van der Waals surface area contributed by atoms with Crippen molar-refractivity contribution in [3.8, 4) is 22.8 Å². The monoisotopic (exact) mass is 544 g/mol. The van der Waals surface area contributed by atoms with Gasteiger partial charge < -0.3 is 40.2 Å². The molecule has 0 saturated carbocycles. The first-order valence-corrected chi connectivity index (χ1v) is 12.3. The van der Waals surface area contributed by atoms with E-state index in [-0.39, 0.29) is 18.9 Å². The number of nitrogens with zero attached hydrogens (tertiary/aromatic N) is 3. The molecule has 2 aromatic heterocycles. The summed E-state index contributed by atoms with van der Waals surface area (Å²) in [6, 6.07) is 6.14. The summed E-state index contributed by atoms with van der Waals surface area (Å²) in [6.07, 6.45) is 3.01. The molecule has 2 atom stereocenters. The second-order valence-corrected chi connectivity index (χ2v) is 9.32. The Kier molecular flexibility index (Phi) is 8.10. The predicted molar refractivity (Wildman–Crippen MR) is 141 cm³/mol. The number of pyridine rings is 1. The fraction of sp³-hybridized carbons (Fsp3) is 0.360. The van der Waals surface area contributed by atoms with Gasteiger partial charge in [0.05, 0.1) is 24.9 Å². The number of nitrogens with one attached hydrogen (secondary N) is 2. The van der Waals surface area contributed by atoms with Crippen molar-refractivity contribution in [1.82, 2.24) is 20.0 Å². The molecule has 4 rings (SSSR count). The summed E-state index contributed by atoms with van der Waals surface area (Å²) in [5.74, 6) is 0.000470. The lowest BCUT2D eigenvalue weighted by Crippen LogP contribution is -2.50. The maximum absolute atomic E-state index is 12.7. The van der Waals surface area contributed by atoms with Crippen molar-refractivity contribution >= 4 is 40.8 Å². The minimum Gasteiger partial charge on any atom is -0.496 e. The highest BCUT2D eigenvalue weighted by atomic mass is 35.5. The summed E-state index contributed by atoms with van der Waals surface area (Å²) in [4.78, 5) is 41.7. The molecule has 1 fully saturated rings. The van der Waals surface area contributed by atoms with Crippen LogP contribution in [0.25, 0.3) is 16.9 Å². The van der Waals surface area contributed by atoms with E-state index in [1.807, 2.05) is 28.9 Å². The number of nitrogens with two attached hydrogens (primary N) is 1. The van der Waals surface area contributed by atoms with E-state index in [4.69, 9.17) is 36.9 Å². The van der Waals surface area contributed by atoms with E-state index in [1.165, 1.54) is 7.11 Å². The highest BCUT2D eigenvalue weighted by Crippen LogP contribution is 2.38. The Morgan fingerprint density at radius 1 is 1.24 bits per heavy atom. The van der Waals surface area contributed by atoms with Gasteiger partial charge in [0.2, 0.25) is 11.8 Å². The molecule has 12 nitrogen and oxygen atoms in total. The maximum Gasteiger partial charge on any atom is 0.405 e. The average Bonchev–Trinajstić information content (AvgIpc) is 3.52. The van der Waals surface area contributed by atoms with E-state index in [2.05, 4.69) is 15.5 Å². The summed E-state index contributed by atoms with van der Waals surface area (Å²) in [5, 5.41) is 14.5. The number of hydrogen-bond donors (Lipinski definition) is 4. The molecule has 1 aliphatic heterocycles. The molecule has 202 valence electrons. The minimum absolute atomic E-state index is 0.00697. The number of aromatic nitrogens is 2. The largest absolute Gasteiger partial charge is 0.496 e. The van der Waals surface area contributed by atoms with Crippen molar-refractivity contribution in [3.63, 3.8) is 0 Å². The molecule has 3 aromatic rings. The van der Waals surface area contributed by atoms with Gasteiger partial charge in [0.15, 0.2) is 0 Å². The van der Waals surface area contributed by atoms with E-state index in [1.54, 1.807) is 19.2 Å². The molecule has 1 aliphatic rings. The third-order valence-electron chi connectivity index (χ3n) is 6.39. The van der Waals surface area contributed by atoms with Gasteiger partial charge in [0.1, 0.15) is 23.2 Å². The van der Waals surface area contributed by atoms with Crippen LogP contribution in [0.4, 0.5) is 10.5 Å². The molecule has 3 amide bonds. The smallest absolute Gasteiger partial charge is 0.405 e. The quantitative estimate of drug-likeness (QED) is 0.302. The third kappa shape index (κ3) is 6.02. The fourth-order valence-corrected chi connectivity index (χ4v) is 4.72. The van der Waals surface area contributed by atoms with Crippen LogP contribution in [-0.4, -0.2) is 71.8 Å². The number of halogens is 1. The molecule has 38 heavy (non-hydrogen) atoms. The average molecular weight is 545 g/mol.